The van der Waals surface area contributed by atoms with Crippen LogP contribution in [0.3, 0.4) is 0 Å². The van der Waals surface area contributed by atoms with Gasteiger partial charge in [0.25, 0.3) is 0 Å². The first-order valence-electron chi connectivity index (χ1n) is 9.06. The lowest BCUT2D eigenvalue weighted by Crippen LogP contribution is -2.63. The average Bonchev–Trinajstić information content (AvgIpc) is 3.32. The summed E-state index contributed by atoms with van der Waals surface area (Å²) in [5, 5.41) is 3.62. The van der Waals surface area contributed by atoms with E-state index in [1.807, 2.05) is 36.5 Å². The normalized spacial score (nSPS) is 34.1. The fraction of sp³-hybridized carbons (Fsp3) is 0.450. The molecule has 3 atom stereocenters. The molecule has 5 rings (SSSR count). The number of nitrogens with zero attached hydrogens (tertiary/aromatic N) is 2. The third-order valence-corrected chi connectivity index (χ3v) is 6.46. The van der Waals surface area contributed by atoms with Crippen LogP contribution in [0.1, 0.15) is 19.3 Å². The van der Waals surface area contributed by atoms with Gasteiger partial charge in [0.05, 0.1) is 32.0 Å². The van der Waals surface area contributed by atoms with Gasteiger partial charge in [0.1, 0.15) is 11.3 Å². The lowest BCUT2D eigenvalue weighted by molar-refractivity contribution is 0.155. The van der Waals surface area contributed by atoms with Crippen molar-refractivity contribution in [3.63, 3.8) is 0 Å². The molecule has 3 aliphatic heterocycles. The molecule has 1 aromatic carbocycles. The maximum atomic E-state index is 6.04. The molecule has 0 saturated carbocycles. The highest BCUT2D eigenvalue weighted by Gasteiger charge is 2.64. The second-order valence-electron chi connectivity index (χ2n) is 7.68. The average molecular weight is 322 g/mol. The van der Waals surface area contributed by atoms with Crippen molar-refractivity contribution in [2.45, 2.75) is 24.8 Å². The van der Waals surface area contributed by atoms with E-state index in [2.05, 4.69) is 22.6 Å². The highest BCUT2D eigenvalue weighted by molar-refractivity contribution is 5.51. The molecule has 1 spiro atoms. The van der Waals surface area contributed by atoms with Crippen LogP contribution in [0.5, 0.6) is 11.5 Å². The van der Waals surface area contributed by atoms with Crippen molar-refractivity contribution < 1.29 is 4.74 Å². The molecule has 0 aliphatic carbocycles. The number of nitrogens with one attached hydrogen (secondary N) is 1. The van der Waals surface area contributed by atoms with Crippen molar-refractivity contribution in [2.75, 3.05) is 26.2 Å². The summed E-state index contributed by atoms with van der Waals surface area (Å²) >= 11 is 0. The Labute approximate surface area is 143 Å². The van der Waals surface area contributed by atoms with Crippen LogP contribution in [-0.2, 0) is 0 Å². The van der Waals surface area contributed by atoms with E-state index in [-0.39, 0.29) is 0 Å². The van der Waals surface area contributed by atoms with Gasteiger partial charge in [0.15, 0.2) is 11.4 Å². The molecule has 3 fully saturated rings. The number of ether oxygens (including phenoxy) is 1. The number of piperidine rings is 1. The van der Waals surface area contributed by atoms with Crippen LogP contribution in [0.25, 0.3) is 0 Å². The van der Waals surface area contributed by atoms with Gasteiger partial charge in [-0.05, 0) is 12.1 Å². The molecule has 3 aliphatic rings. The molecule has 1 N–H and O–H groups in total. The maximum absolute atomic E-state index is 6.04. The summed E-state index contributed by atoms with van der Waals surface area (Å²) in [7, 11) is 0. The summed E-state index contributed by atoms with van der Waals surface area (Å²) in [5.41, 5.74) is 1.72. The second kappa shape index (κ2) is 5.30. The summed E-state index contributed by atoms with van der Waals surface area (Å²) in [6.07, 6.45) is 7.91. The van der Waals surface area contributed by atoms with Gasteiger partial charge in [-0.3, -0.25) is 9.47 Å². The van der Waals surface area contributed by atoms with Crippen LogP contribution in [0.4, 0.5) is 5.69 Å². The monoisotopic (exact) mass is 322 g/mol. The summed E-state index contributed by atoms with van der Waals surface area (Å²) in [5.74, 6) is 2.60. The van der Waals surface area contributed by atoms with Crippen LogP contribution in [0.2, 0.25) is 0 Å². The van der Waals surface area contributed by atoms with Crippen molar-refractivity contribution in [2.24, 2.45) is 5.92 Å². The van der Waals surface area contributed by atoms with Crippen molar-refractivity contribution in [1.82, 2.24) is 14.8 Å². The largest absolute Gasteiger partial charge is 0.456 e. The molecule has 4 heterocycles. The quantitative estimate of drug-likeness (QED) is 0.880. The van der Waals surface area contributed by atoms with E-state index in [0.29, 0.717) is 5.54 Å². The third kappa shape index (κ3) is 2.03. The fourth-order valence-corrected chi connectivity index (χ4v) is 5.44. The molecule has 1 aromatic heterocycles. The van der Waals surface area contributed by atoms with E-state index in [1.165, 1.54) is 38.0 Å². The number of aromatic nitrogens is 1. The predicted molar refractivity (Wildman–Crippen MR) is 95.2 cm³/mol. The minimum atomic E-state index is 0.385. The van der Waals surface area contributed by atoms with Gasteiger partial charge in [-0.25, -0.2) is 0 Å². The first-order valence-corrected chi connectivity index (χ1v) is 9.06. The molecule has 24 heavy (non-hydrogen) atoms. The molecule has 124 valence electrons. The zero-order valence-electron chi connectivity index (χ0n) is 13.9. The van der Waals surface area contributed by atoms with E-state index in [4.69, 9.17) is 4.74 Å². The van der Waals surface area contributed by atoms with Crippen molar-refractivity contribution in [3.05, 3.63) is 48.8 Å². The van der Waals surface area contributed by atoms with Gasteiger partial charge in [-0.15, -0.1) is 0 Å². The van der Waals surface area contributed by atoms with E-state index in [1.54, 1.807) is 0 Å². The van der Waals surface area contributed by atoms with Crippen LogP contribution >= 0.6 is 0 Å². The number of fused-ring (bicyclic) bond motifs is 3. The maximum Gasteiger partial charge on any atom is 0.155 e. The molecule has 4 nitrogen and oxygen atoms in total. The number of hydrogen-bond donors (Lipinski definition) is 1. The third-order valence-electron chi connectivity index (χ3n) is 6.46. The molecule has 3 unspecified atom stereocenters. The first kappa shape index (κ1) is 14.4. The van der Waals surface area contributed by atoms with Crippen molar-refractivity contribution >= 4 is 5.69 Å². The Hall–Kier alpha value is -1.91. The summed E-state index contributed by atoms with van der Waals surface area (Å²) < 4.78 is 7.16. The van der Waals surface area contributed by atoms with Gasteiger partial charge in [-0.2, -0.15) is 0 Å². The van der Waals surface area contributed by atoms with Gasteiger partial charge < -0.3 is 10.1 Å². The van der Waals surface area contributed by atoms with E-state index in [0.717, 1.165) is 35.0 Å². The number of rotatable bonds is 3. The molecule has 2 aromatic rings. The standard InChI is InChI=1S/C20H24N3O/c1-2-4-18(5-3-1)24-19-10-17(12-22-13-19)23-9-6-16(14-23)11-20(23)7-8-21-15-20/h1-5,10,12-13,16,21H,6-9,11,14-15H2/q+1. The highest BCUT2D eigenvalue weighted by Crippen LogP contribution is 2.53. The van der Waals surface area contributed by atoms with Crippen LogP contribution < -0.4 is 14.5 Å². The second-order valence-corrected chi connectivity index (χ2v) is 7.68. The Morgan fingerprint density at radius 2 is 2.08 bits per heavy atom. The molecule has 2 bridgehead atoms. The molecule has 4 heteroatoms. The van der Waals surface area contributed by atoms with Crippen LogP contribution in [0, 0.1) is 5.92 Å². The molecular formula is C20H24N3O+. The number of benzene rings is 1. The van der Waals surface area contributed by atoms with Gasteiger partial charge in [0.2, 0.25) is 0 Å². The topological polar surface area (TPSA) is 34.1 Å². The highest BCUT2D eigenvalue weighted by atomic mass is 16.5. The number of para-hydroxylation sites is 1. The zero-order chi connectivity index (χ0) is 16.0. The van der Waals surface area contributed by atoms with Gasteiger partial charge in [-0.1, -0.05) is 18.2 Å². The number of pyridine rings is 1. The van der Waals surface area contributed by atoms with Gasteiger partial charge >= 0.3 is 0 Å². The molecule has 0 radical (unpaired) electrons. The van der Waals surface area contributed by atoms with E-state index in [9.17, 15) is 0 Å². The van der Waals surface area contributed by atoms with Crippen LogP contribution in [0.15, 0.2) is 48.8 Å². The number of hydrogen-bond acceptors (Lipinski definition) is 3. The minimum Gasteiger partial charge on any atom is -0.456 e. The van der Waals surface area contributed by atoms with Crippen LogP contribution in [-0.4, -0.2) is 36.7 Å². The Balaban J connectivity index is 1.51. The molecule has 0 amide bonds. The zero-order valence-corrected chi connectivity index (χ0v) is 13.9. The van der Waals surface area contributed by atoms with Crippen molar-refractivity contribution in [3.8, 4) is 11.5 Å². The number of quaternary nitrogens is 1. The Bertz CT molecular complexity index is 742. The Morgan fingerprint density at radius 3 is 2.88 bits per heavy atom. The van der Waals surface area contributed by atoms with Gasteiger partial charge in [0, 0.05) is 37.8 Å². The lowest BCUT2D eigenvalue weighted by Gasteiger charge is -2.46. The minimum absolute atomic E-state index is 0.385. The first-order chi connectivity index (χ1) is 11.8. The molecular weight excluding hydrogens is 298 g/mol. The lowest BCUT2D eigenvalue weighted by atomic mass is 9.85. The predicted octanol–water partition coefficient (Wildman–Crippen LogP) is 3.34. The van der Waals surface area contributed by atoms with Crippen molar-refractivity contribution in [1.29, 1.82) is 0 Å². The van der Waals surface area contributed by atoms with E-state index >= 15 is 0 Å². The summed E-state index contributed by atoms with van der Waals surface area (Å²) in [6, 6.07) is 12.2. The van der Waals surface area contributed by atoms with E-state index < -0.39 is 0 Å². The SMILES string of the molecule is c1ccc(Oc2cncc([N+]34CCC(CC35CCNC5)C4)c2)cc1. The smallest absolute Gasteiger partial charge is 0.155 e. The Morgan fingerprint density at radius 1 is 1.17 bits per heavy atom. The fourth-order valence-electron chi connectivity index (χ4n) is 5.44. The summed E-state index contributed by atoms with van der Waals surface area (Å²) in [6.45, 7) is 4.83. The summed E-state index contributed by atoms with van der Waals surface area (Å²) in [4.78, 5) is 4.53. The Kier molecular flexibility index (Phi) is 3.19. The molecule has 3 saturated heterocycles.